The van der Waals surface area contributed by atoms with E-state index in [9.17, 15) is 13.2 Å². The van der Waals surface area contributed by atoms with Gasteiger partial charge < -0.3 is 15.2 Å². The number of carbonyl (C=O) groups excluding carboxylic acids is 1. The SMILES string of the molecule is CCc1ncc(S(=O)(=O)NCC(=O)N2CCNCC2)[nH]1. The molecule has 1 fully saturated rings. The van der Waals surface area contributed by atoms with Crippen molar-refractivity contribution in [1.82, 2.24) is 24.9 Å². The van der Waals surface area contributed by atoms with Crippen molar-refractivity contribution in [1.29, 1.82) is 0 Å². The number of aromatic nitrogens is 2. The Morgan fingerprint density at radius 3 is 2.75 bits per heavy atom. The normalized spacial score (nSPS) is 16.4. The maximum Gasteiger partial charge on any atom is 0.258 e. The zero-order valence-corrected chi connectivity index (χ0v) is 12.2. The van der Waals surface area contributed by atoms with Gasteiger partial charge in [-0.1, -0.05) is 6.92 Å². The van der Waals surface area contributed by atoms with Crippen molar-refractivity contribution >= 4 is 15.9 Å². The van der Waals surface area contributed by atoms with Crippen molar-refractivity contribution in [2.45, 2.75) is 18.4 Å². The van der Waals surface area contributed by atoms with Gasteiger partial charge in [0, 0.05) is 32.6 Å². The van der Waals surface area contributed by atoms with Crippen LogP contribution in [0.25, 0.3) is 0 Å². The number of sulfonamides is 1. The second-order valence-electron chi connectivity index (χ2n) is 4.50. The molecule has 2 heterocycles. The number of hydrogen-bond acceptors (Lipinski definition) is 5. The first-order chi connectivity index (χ1) is 9.53. The van der Waals surface area contributed by atoms with Crippen molar-refractivity contribution in [2.75, 3.05) is 32.7 Å². The summed E-state index contributed by atoms with van der Waals surface area (Å²) in [4.78, 5) is 20.2. The van der Waals surface area contributed by atoms with E-state index in [0.717, 1.165) is 13.1 Å². The Morgan fingerprint density at radius 2 is 2.15 bits per heavy atom. The van der Waals surface area contributed by atoms with Crippen LogP contribution in [0.4, 0.5) is 0 Å². The Kier molecular flexibility index (Phi) is 4.73. The van der Waals surface area contributed by atoms with E-state index >= 15 is 0 Å². The van der Waals surface area contributed by atoms with Crippen LogP contribution in [0.15, 0.2) is 11.2 Å². The number of rotatable bonds is 5. The predicted molar refractivity (Wildman–Crippen MR) is 72.6 cm³/mol. The highest BCUT2D eigenvalue weighted by Gasteiger charge is 2.21. The third kappa shape index (κ3) is 3.56. The molecule has 1 amide bonds. The van der Waals surface area contributed by atoms with Crippen molar-refractivity contribution in [3.8, 4) is 0 Å². The van der Waals surface area contributed by atoms with E-state index in [1.807, 2.05) is 6.92 Å². The molecule has 0 spiro atoms. The topological polar surface area (TPSA) is 107 Å². The highest BCUT2D eigenvalue weighted by atomic mass is 32.2. The third-order valence-corrected chi connectivity index (χ3v) is 4.42. The Morgan fingerprint density at radius 1 is 1.45 bits per heavy atom. The molecule has 0 aliphatic carbocycles. The number of amides is 1. The molecule has 0 bridgehead atoms. The lowest BCUT2D eigenvalue weighted by molar-refractivity contribution is -0.130. The predicted octanol–water partition coefficient (Wildman–Crippen LogP) is -1.32. The van der Waals surface area contributed by atoms with E-state index in [4.69, 9.17) is 0 Å². The van der Waals surface area contributed by atoms with Gasteiger partial charge in [0.1, 0.15) is 5.82 Å². The van der Waals surface area contributed by atoms with Crippen LogP contribution >= 0.6 is 0 Å². The first-order valence-electron chi connectivity index (χ1n) is 6.55. The molecule has 1 aliphatic rings. The van der Waals surface area contributed by atoms with Crippen LogP contribution in [0.3, 0.4) is 0 Å². The van der Waals surface area contributed by atoms with Crippen molar-refractivity contribution in [2.24, 2.45) is 0 Å². The minimum Gasteiger partial charge on any atom is -0.339 e. The van der Waals surface area contributed by atoms with Gasteiger partial charge in [-0.3, -0.25) is 4.79 Å². The summed E-state index contributed by atoms with van der Waals surface area (Å²) in [6, 6.07) is 0. The van der Waals surface area contributed by atoms with Gasteiger partial charge in [-0.25, -0.2) is 18.1 Å². The fourth-order valence-corrected chi connectivity index (χ4v) is 2.83. The first-order valence-corrected chi connectivity index (χ1v) is 8.03. The number of imidazole rings is 1. The molecule has 0 unspecified atom stereocenters. The van der Waals surface area contributed by atoms with Crippen LogP contribution < -0.4 is 10.0 Å². The van der Waals surface area contributed by atoms with Gasteiger partial charge in [-0.05, 0) is 0 Å². The zero-order valence-electron chi connectivity index (χ0n) is 11.3. The molecular weight excluding hydrogens is 282 g/mol. The molecule has 0 atom stereocenters. The Labute approximate surface area is 118 Å². The number of nitrogens with one attached hydrogen (secondary N) is 3. The van der Waals surface area contributed by atoms with Crippen molar-refractivity contribution < 1.29 is 13.2 Å². The lowest BCUT2D eigenvalue weighted by Crippen LogP contribution is -2.49. The standard InChI is InChI=1S/C11H19N5O3S/c1-2-9-13-7-10(15-9)20(18,19)14-8-11(17)16-5-3-12-4-6-16/h7,12,14H,2-6,8H2,1H3,(H,13,15). The summed E-state index contributed by atoms with van der Waals surface area (Å²) in [5, 5.41) is 3.12. The highest BCUT2D eigenvalue weighted by molar-refractivity contribution is 7.89. The van der Waals surface area contributed by atoms with Crippen LogP contribution in [-0.2, 0) is 21.2 Å². The van der Waals surface area contributed by atoms with E-state index < -0.39 is 10.0 Å². The molecule has 1 aromatic heterocycles. The largest absolute Gasteiger partial charge is 0.339 e. The average molecular weight is 301 g/mol. The lowest BCUT2D eigenvalue weighted by atomic mass is 10.3. The second-order valence-corrected chi connectivity index (χ2v) is 6.24. The molecule has 0 radical (unpaired) electrons. The number of H-pyrrole nitrogens is 1. The quantitative estimate of drug-likeness (QED) is 0.625. The molecule has 112 valence electrons. The number of nitrogens with zero attached hydrogens (tertiary/aromatic N) is 2. The monoisotopic (exact) mass is 301 g/mol. The summed E-state index contributed by atoms with van der Waals surface area (Å²) in [5.41, 5.74) is 0. The summed E-state index contributed by atoms with van der Waals surface area (Å²) in [5.74, 6) is 0.379. The van der Waals surface area contributed by atoms with E-state index in [1.54, 1.807) is 4.90 Å². The number of carbonyl (C=O) groups is 1. The number of aryl methyl sites for hydroxylation is 1. The van der Waals surface area contributed by atoms with Crippen LogP contribution in [0.5, 0.6) is 0 Å². The summed E-state index contributed by atoms with van der Waals surface area (Å²) in [6.07, 6.45) is 1.88. The Balaban J connectivity index is 1.93. The van der Waals surface area contributed by atoms with E-state index in [0.29, 0.717) is 25.3 Å². The lowest BCUT2D eigenvalue weighted by Gasteiger charge is -2.27. The molecule has 8 nitrogen and oxygen atoms in total. The molecule has 3 N–H and O–H groups in total. The molecule has 1 aromatic rings. The third-order valence-electron chi connectivity index (χ3n) is 3.11. The highest BCUT2D eigenvalue weighted by Crippen LogP contribution is 2.05. The number of aromatic amines is 1. The Hall–Kier alpha value is -1.45. The van der Waals surface area contributed by atoms with E-state index in [1.165, 1.54) is 6.20 Å². The van der Waals surface area contributed by atoms with E-state index in [-0.39, 0.29) is 17.5 Å². The van der Waals surface area contributed by atoms with Crippen molar-refractivity contribution in [3.63, 3.8) is 0 Å². The molecule has 1 saturated heterocycles. The van der Waals surface area contributed by atoms with Crippen LogP contribution in [-0.4, -0.2) is 61.9 Å². The van der Waals surface area contributed by atoms with Crippen molar-refractivity contribution in [3.05, 3.63) is 12.0 Å². The van der Waals surface area contributed by atoms with Gasteiger partial charge in [0.15, 0.2) is 5.03 Å². The summed E-state index contributed by atoms with van der Waals surface area (Å²) in [7, 11) is -3.71. The minimum atomic E-state index is -3.71. The van der Waals surface area contributed by atoms with E-state index in [2.05, 4.69) is 20.0 Å². The molecule has 1 aliphatic heterocycles. The maximum atomic E-state index is 12.0. The number of piperazine rings is 1. The number of hydrogen-bond donors (Lipinski definition) is 3. The minimum absolute atomic E-state index is 0.0116. The summed E-state index contributed by atoms with van der Waals surface area (Å²) in [6.45, 7) is 4.31. The van der Waals surface area contributed by atoms with Crippen LogP contribution in [0.2, 0.25) is 0 Å². The van der Waals surface area contributed by atoms with Gasteiger partial charge >= 0.3 is 0 Å². The average Bonchev–Trinajstić information content (AvgIpc) is 2.95. The van der Waals surface area contributed by atoms with Gasteiger partial charge in [0.2, 0.25) is 5.91 Å². The van der Waals surface area contributed by atoms with Gasteiger partial charge in [0.25, 0.3) is 10.0 Å². The maximum absolute atomic E-state index is 12.0. The molecule has 0 saturated carbocycles. The first kappa shape index (κ1) is 14.9. The summed E-state index contributed by atoms with van der Waals surface area (Å²) < 4.78 is 26.3. The fraction of sp³-hybridized carbons (Fsp3) is 0.636. The zero-order chi connectivity index (χ0) is 14.6. The molecule has 2 rings (SSSR count). The van der Waals surface area contributed by atoms with Crippen LogP contribution in [0, 0.1) is 0 Å². The molecule has 9 heteroatoms. The molecule has 0 aromatic carbocycles. The van der Waals surface area contributed by atoms with Crippen LogP contribution in [0.1, 0.15) is 12.7 Å². The second kappa shape index (κ2) is 6.33. The van der Waals surface area contributed by atoms with Gasteiger partial charge in [0.05, 0.1) is 12.7 Å². The fourth-order valence-electron chi connectivity index (χ4n) is 1.92. The van der Waals surface area contributed by atoms with Gasteiger partial charge in [-0.15, -0.1) is 0 Å². The molecular formula is C11H19N5O3S. The molecule has 20 heavy (non-hydrogen) atoms. The summed E-state index contributed by atoms with van der Waals surface area (Å²) >= 11 is 0. The Bertz CT molecular complexity index is 562. The van der Waals surface area contributed by atoms with Gasteiger partial charge in [-0.2, -0.15) is 0 Å². The smallest absolute Gasteiger partial charge is 0.258 e.